The summed E-state index contributed by atoms with van der Waals surface area (Å²) in [5, 5.41) is 4.47. The van der Waals surface area contributed by atoms with E-state index in [-0.39, 0.29) is 6.04 Å². The highest BCUT2D eigenvalue weighted by Crippen LogP contribution is 2.40. The highest BCUT2D eigenvalue weighted by atomic mass is 16.5. The number of nitrogens with two attached hydrogens (primary N) is 1. The van der Waals surface area contributed by atoms with Crippen LogP contribution >= 0.6 is 0 Å². The van der Waals surface area contributed by atoms with Crippen LogP contribution in [0.15, 0.2) is 6.20 Å². The Kier molecular flexibility index (Phi) is 6.06. The minimum Gasteiger partial charge on any atom is -0.493 e. The second kappa shape index (κ2) is 7.80. The average Bonchev–Trinajstić information content (AvgIpc) is 2.92. The predicted molar refractivity (Wildman–Crippen MR) is 84.9 cm³/mol. The normalized spacial score (nSPS) is 24.0. The van der Waals surface area contributed by atoms with Gasteiger partial charge in [0, 0.05) is 6.54 Å². The van der Waals surface area contributed by atoms with Gasteiger partial charge in [0.2, 0.25) is 0 Å². The molecule has 5 nitrogen and oxygen atoms in total. The third kappa shape index (κ3) is 3.58. The van der Waals surface area contributed by atoms with Crippen LogP contribution in [0.2, 0.25) is 0 Å². The van der Waals surface area contributed by atoms with E-state index in [0.717, 1.165) is 30.3 Å². The van der Waals surface area contributed by atoms with Crippen molar-refractivity contribution in [3.05, 3.63) is 11.9 Å². The first-order valence-corrected chi connectivity index (χ1v) is 8.30. The van der Waals surface area contributed by atoms with Crippen molar-refractivity contribution in [3.63, 3.8) is 0 Å². The van der Waals surface area contributed by atoms with Gasteiger partial charge in [-0.3, -0.25) is 16.0 Å². The SMILES string of the molecule is CCCn1ncc(OC)c1C(NN)C1CCC(CC)CC1. The summed E-state index contributed by atoms with van der Waals surface area (Å²) in [5.41, 5.74) is 4.15. The predicted octanol–water partition coefficient (Wildman–Crippen LogP) is 3.02. The molecular weight excluding hydrogens is 264 g/mol. The highest BCUT2D eigenvalue weighted by molar-refractivity contribution is 5.29. The molecule has 1 aromatic rings. The molecule has 0 amide bonds. The summed E-state index contributed by atoms with van der Waals surface area (Å²) < 4.78 is 7.56. The first-order chi connectivity index (χ1) is 10.2. The highest BCUT2D eigenvalue weighted by Gasteiger charge is 2.31. The Hall–Kier alpha value is -1.07. The number of hydrogen-bond donors (Lipinski definition) is 2. The molecule has 0 saturated heterocycles. The van der Waals surface area contributed by atoms with Gasteiger partial charge < -0.3 is 4.74 Å². The van der Waals surface area contributed by atoms with Crippen LogP contribution in [-0.4, -0.2) is 16.9 Å². The van der Waals surface area contributed by atoms with E-state index in [2.05, 4.69) is 29.1 Å². The maximum atomic E-state index is 5.90. The van der Waals surface area contributed by atoms with Crippen molar-refractivity contribution in [1.82, 2.24) is 15.2 Å². The molecule has 1 heterocycles. The third-order valence-corrected chi connectivity index (χ3v) is 4.91. The molecule has 5 heteroatoms. The molecule has 1 unspecified atom stereocenters. The zero-order chi connectivity index (χ0) is 15.2. The van der Waals surface area contributed by atoms with E-state index in [9.17, 15) is 0 Å². The minimum atomic E-state index is 0.131. The Morgan fingerprint density at radius 1 is 1.38 bits per heavy atom. The number of hydrazine groups is 1. The van der Waals surface area contributed by atoms with Gasteiger partial charge in [0.15, 0.2) is 5.75 Å². The van der Waals surface area contributed by atoms with Crippen LogP contribution < -0.4 is 16.0 Å². The second-order valence-corrected chi connectivity index (χ2v) is 6.15. The molecule has 1 aromatic heterocycles. The summed E-state index contributed by atoms with van der Waals surface area (Å²) >= 11 is 0. The lowest BCUT2D eigenvalue weighted by Crippen LogP contribution is -2.37. The Balaban J connectivity index is 2.18. The monoisotopic (exact) mass is 294 g/mol. The quantitative estimate of drug-likeness (QED) is 0.599. The molecule has 1 atom stereocenters. The zero-order valence-corrected chi connectivity index (χ0v) is 13.6. The molecule has 1 saturated carbocycles. The van der Waals surface area contributed by atoms with Crippen molar-refractivity contribution in [2.45, 2.75) is 65.0 Å². The summed E-state index contributed by atoms with van der Waals surface area (Å²) in [5.74, 6) is 8.21. The maximum Gasteiger partial charge on any atom is 0.161 e. The van der Waals surface area contributed by atoms with E-state index in [0.29, 0.717) is 5.92 Å². The standard InChI is InChI=1S/C16H30N4O/c1-4-10-20-16(14(21-3)11-18-20)15(19-17)13-8-6-12(5-2)7-9-13/h11-13,15,19H,4-10,17H2,1-3H3. The Bertz CT molecular complexity index is 424. The van der Waals surface area contributed by atoms with E-state index in [1.807, 2.05) is 6.20 Å². The fraction of sp³-hybridized carbons (Fsp3) is 0.812. The smallest absolute Gasteiger partial charge is 0.161 e. The molecule has 1 fully saturated rings. The molecule has 21 heavy (non-hydrogen) atoms. The number of hydrogen-bond acceptors (Lipinski definition) is 4. The number of aryl methyl sites for hydroxylation is 1. The Morgan fingerprint density at radius 2 is 2.10 bits per heavy atom. The number of rotatable bonds is 7. The van der Waals surface area contributed by atoms with Crippen LogP contribution in [0.3, 0.4) is 0 Å². The Morgan fingerprint density at radius 3 is 2.62 bits per heavy atom. The lowest BCUT2D eigenvalue weighted by Gasteiger charge is -2.33. The third-order valence-electron chi connectivity index (χ3n) is 4.91. The maximum absolute atomic E-state index is 5.90. The largest absolute Gasteiger partial charge is 0.493 e. The number of aromatic nitrogens is 2. The number of nitrogens with one attached hydrogen (secondary N) is 1. The molecule has 3 N–H and O–H groups in total. The summed E-state index contributed by atoms with van der Waals surface area (Å²) in [4.78, 5) is 0. The molecule has 0 radical (unpaired) electrons. The van der Waals surface area contributed by atoms with Crippen LogP contribution in [0.4, 0.5) is 0 Å². The van der Waals surface area contributed by atoms with E-state index in [1.54, 1.807) is 7.11 Å². The minimum absolute atomic E-state index is 0.131. The lowest BCUT2D eigenvalue weighted by molar-refractivity contribution is 0.210. The van der Waals surface area contributed by atoms with E-state index >= 15 is 0 Å². The van der Waals surface area contributed by atoms with Gasteiger partial charge in [-0.05, 0) is 31.1 Å². The molecule has 1 aliphatic carbocycles. The molecule has 2 rings (SSSR count). The summed E-state index contributed by atoms with van der Waals surface area (Å²) in [6, 6.07) is 0.131. The van der Waals surface area contributed by atoms with Gasteiger partial charge in [0.25, 0.3) is 0 Å². The van der Waals surface area contributed by atoms with Crippen LogP contribution in [0.1, 0.15) is 64.1 Å². The van der Waals surface area contributed by atoms with Gasteiger partial charge in [-0.25, -0.2) is 0 Å². The first-order valence-electron chi connectivity index (χ1n) is 8.30. The van der Waals surface area contributed by atoms with E-state index in [4.69, 9.17) is 10.6 Å². The van der Waals surface area contributed by atoms with Gasteiger partial charge in [-0.15, -0.1) is 0 Å². The van der Waals surface area contributed by atoms with Crippen LogP contribution in [0.5, 0.6) is 5.75 Å². The van der Waals surface area contributed by atoms with E-state index in [1.165, 1.54) is 32.1 Å². The van der Waals surface area contributed by atoms with Crippen molar-refractivity contribution in [1.29, 1.82) is 0 Å². The molecule has 0 aromatic carbocycles. The number of methoxy groups -OCH3 is 1. The summed E-state index contributed by atoms with van der Waals surface area (Å²) in [6.45, 7) is 5.36. The number of ether oxygens (including phenoxy) is 1. The number of nitrogens with zero attached hydrogens (tertiary/aromatic N) is 2. The second-order valence-electron chi connectivity index (χ2n) is 6.15. The van der Waals surface area contributed by atoms with Crippen LogP contribution in [0.25, 0.3) is 0 Å². The van der Waals surface area contributed by atoms with Crippen molar-refractivity contribution >= 4 is 0 Å². The van der Waals surface area contributed by atoms with Crippen molar-refractivity contribution in [2.75, 3.05) is 7.11 Å². The van der Waals surface area contributed by atoms with Gasteiger partial charge in [0.1, 0.15) is 0 Å². The molecule has 0 aliphatic heterocycles. The zero-order valence-electron chi connectivity index (χ0n) is 13.6. The van der Waals surface area contributed by atoms with Crippen molar-refractivity contribution in [2.24, 2.45) is 17.7 Å². The lowest BCUT2D eigenvalue weighted by atomic mass is 9.77. The molecule has 0 spiro atoms. The Labute approximate surface area is 128 Å². The fourth-order valence-electron chi connectivity index (χ4n) is 3.61. The van der Waals surface area contributed by atoms with Crippen molar-refractivity contribution < 1.29 is 4.74 Å². The van der Waals surface area contributed by atoms with Crippen molar-refractivity contribution in [3.8, 4) is 5.75 Å². The van der Waals surface area contributed by atoms with E-state index < -0.39 is 0 Å². The van der Waals surface area contributed by atoms with Gasteiger partial charge >= 0.3 is 0 Å². The molecular formula is C16H30N4O. The van der Waals surface area contributed by atoms with Gasteiger partial charge in [-0.2, -0.15) is 5.10 Å². The summed E-state index contributed by atoms with van der Waals surface area (Å²) in [6.07, 6.45) is 9.24. The van der Waals surface area contributed by atoms with Crippen LogP contribution in [0, 0.1) is 11.8 Å². The topological polar surface area (TPSA) is 65.1 Å². The van der Waals surface area contributed by atoms with Gasteiger partial charge in [-0.1, -0.05) is 33.1 Å². The molecule has 120 valence electrons. The summed E-state index contributed by atoms with van der Waals surface area (Å²) in [7, 11) is 1.71. The fourth-order valence-corrected chi connectivity index (χ4v) is 3.61. The molecule has 0 bridgehead atoms. The first kappa shape index (κ1) is 16.3. The van der Waals surface area contributed by atoms with Crippen LogP contribution in [-0.2, 0) is 6.54 Å². The van der Waals surface area contributed by atoms with Gasteiger partial charge in [0.05, 0.1) is 25.0 Å². The average molecular weight is 294 g/mol. The molecule has 1 aliphatic rings.